The van der Waals surface area contributed by atoms with Gasteiger partial charge in [-0.2, -0.15) is 0 Å². The Kier molecular flexibility index (Phi) is 10.1. The van der Waals surface area contributed by atoms with Crippen LogP contribution in [-0.4, -0.2) is 23.0 Å². The highest BCUT2D eigenvalue weighted by molar-refractivity contribution is 5.06. The summed E-state index contributed by atoms with van der Waals surface area (Å²) in [6.45, 7) is 2.43. The molecule has 8 saturated carbocycles. The third kappa shape index (κ3) is 6.27. The molecule has 7 unspecified atom stereocenters. The Morgan fingerprint density at radius 2 is 0.841 bits per heavy atom. The molecular weight excluding hydrogens is 530 g/mol. The molecule has 250 valence electrons. The highest BCUT2D eigenvalue weighted by Crippen LogP contribution is 2.61. The van der Waals surface area contributed by atoms with Crippen LogP contribution in [0.5, 0.6) is 0 Å². The lowest BCUT2D eigenvalue weighted by atomic mass is 9.47. The largest absolute Gasteiger partial charge is 0.294 e. The van der Waals surface area contributed by atoms with Gasteiger partial charge in [0.15, 0.2) is 0 Å². The molecule has 0 spiro atoms. The van der Waals surface area contributed by atoms with Crippen LogP contribution in [0.4, 0.5) is 0 Å². The normalized spacial score (nSPS) is 48.5. The molecule has 0 heterocycles. The van der Waals surface area contributed by atoms with Crippen LogP contribution in [0.15, 0.2) is 0 Å². The van der Waals surface area contributed by atoms with Crippen molar-refractivity contribution < 1.29 is 0 Å². The first-order chi connectivity index (χ1) is 21.8. The molecule has 0 N–H and O–H groups in total. The van der Waals surface area contributed by atoms with Crippen LogP contribution in [0, 0.1) is 65.1 Å². The molecule has 0 aromatic carbocycles. The van der Waals surface area contributed by atoms with Gasteiger partial charge in [0, 0.05) is 18.1 Å². The van der Waals surface area contributed by atoms with Gasteiger partial charge < -0.3 is 0 Å². The Bertz CT molecular complexity index is 875. The molecule has 8 aliphatic rings. The van der Waals surface area contributed by atoms with Crippen molar-refractivity contribution in [3.8, 4) is 0 Å². The quantitative estimate of drug-likeness (QED) is 0.280. The summed E-state index contributed by atoms with van der Waals surface area (Å²) in [5.74, 6) is 12.1. The molecule has 0 aromatic rings. The topological polar surface area (TPSA) is 3.24 Å². The Hall–Kier alpha value is -0.0400. The first kappa shape index (κ1) is 31.2. The van der Waals surface area contributed by atoms with Gasteiger partial charge in [0.25, 0.3) is 0 Å². The maximum absolute atomic E-state index is 3.41. The van der Waals surface area contributed by atoms with Crippen molar-refractivity contribution in [3.05, 3.63) is 0 Å². The summed E-state index contributed by atoms with van der Waals surface area (Å²) in [5, 5.41) is 0. The lowest BCUT2D eigenvalue weighted by Gasteiger charge is -2.62. The van der Waals surface area contributed by atoms with Crippen LogP contribution in [0.3, 0.4) is 0 Å². The van der Waals surface area contributed by atoms with Crippen molar-refractivity contribution in [2.24, 2.45) is 65.1 Å². The highest BCUT2D eigenvalue weighted by atomic mass is 15.2. The summed E-state index contributed by atoms with van der Waals surface area (Å²) in [6.07, 6.45) is 43.9. The molecule has 0 bridgehead atoms. The summed E-state index contributed by atoms with van der Waals surface area (Å²) < 4.78 is 0. The van der Waals surface area contributed by atoms with Crippen molar-refractivity contribution in [1.82, 2.24) is 4.90 Å². The lowest BCUT2D eigenvalue weighted by molar-refractivity contribution is -0.125. The monoisotopic (exact) mass is 604 g/mol. The van der Waals surface area contributed by atoms with Crippen molar-refractivity contribution in [2.75, 3.05) is 0 Å². The van der Waals surface area contributed by atoms with Crippen LogP contribution >= 0.6 is 0 Å². The second kappa shape index (κ2) is 14.2. The summed E-state index contributed by atoms with van der Waals surface area (Å²) in [7, 11) is 0. The van der Waals surface area contributed by atoms with Crippen LogP contribution in [0.25, 0.3) is 0 Å². The van der Waals surface area contributed by atoms with Gasteiger partial charge in [-0.05, 0) is 181 Å². The van der Waals surface area contributed by atoms with Crippen molar-refractivity contribution in [3.63, 3.8) is 0 Å². The van der Waals surface area contributed by atoms with Crippen molar-refractivity contribution >= 4 is 0 Å². The average Bonchev–Trinajstić information content (AvgIpc) is 3.09. The van der Waals surface area contributed by atoms with Gasteiger partial charge >= 0.3 is 0 Å². The van der Waals surface area contributed by atoms with E-state index in [0.29, 0.717) is 0 Å². The highest BCUT2D eigenvalue weighted by Gasteiger charge is 2.55. The van der Waals surface area contributed by atoms with Crippen LogP contribution in [0.1, 0.15) is 187 Å². The fourth-order valence-corrected chi connectivity index (χ4v) is 15.2. The minimum absolute atomic E-state index is 0.931. The molecule has 1 heteroatoms. The van der Waals surface area contributed by atoms with E-state index in [2.05, 4.69) is 11.8 Å². The number of nitrogens with zero attached hydrogens (tertiary/aromatic N) is 1. The Balaban J connectivity index is 0.950. The zero-order valence-corrected chi connectivity index (χ0v) is 29.3. The van der Waals surface area contributed by atoms with Gasteiger partial charge in [-0.15, -0.1) is 0 Å². The molecule has 0 radical (unpaired) electrons. The number of hydrogen-bond donors (Lipinski definition) is 0. The predicted molar refractivity (Wildman–Crippen MR) is 187 cm³/mol. The molecule has 1 nitrogen and oxygen atoms in total. The van der Waals surface area contributed by atoms with Crippen LogP contribution in [-0.2, 0) is 0 Å². The molecule has 0 aliphatic heterocycles. The minimum atomic E-state index is 0.931. The van der Waals surface area contributed by atoms with E-state index >= 15 is 0 Å². The van der Waals surface area contributed by atoms with Crippen molar-refractivity contribution in [1.29, 1.82) is 0 Å². The standard InChI is InChI=1S/C43H73N/c1-2-7-30-12-24-38(25-13-30)44(41-29-23-37-19-18-35-10-6-11-36-22-28-40(41)43(37)42(35)36)39-26-20-34(21-27-39)33-16-14-32(15-17-33)31-8-4-3-5-9-31/h30-43H,2-29H2,1H3. The van der Waals surface area contributed by atoms with Gasteiger partial charge in [-0.1, -0.05) is 71.1 Å². The first-order valence-corrected chi connectivity index (χ1v) is 21.5. The second-order valence-corrected chi connectivity index (χ2v) is 18.9. The Morgan fingerprint density at radius 1 is 0.386 bits per heavy atom. The molecule has 8 rings (SSSR count). The van der Waals surface area contributed by atoms with Gasteiger partial charge in [-0.3, -0.25) is 4.90 Å². The van der Waals surface area contributed by atoms with E-state index in [9.17, 15) is 0 Å². The number of rotatable bonds is 7. The number of hydrogen-bond acceptors (Lipinski definition) is 1. The fourth-order valence-electron chi connectivity index (χ4n) is 15.2. The molecule has 0 saturated heterocycles. The third-order valence-electron chi connectivity index (χ3n) is 17.1. The van der Waals surface area contributed by atoms with Crippen LogP contribution < -0.4 is 0 Å². The SMILES string of the molecule is CCCC1CCC(N(C2CCC(C3CCC(C4CCCCC4)CC3)CC2)C2CCC3CCC4CCCC5CCC2C3C45)CC1. The molecule has 8 fully saturated rings. The van der Waals surface area contributed by atoms with Crippen molar-refractivity contribution in [2.45, 2.75) is 205 Å². The summed E-state index contributed by atoms with van der Waals surface area (Å²) in [6, 6.07) is 2.82. The average molecular weight is 604 g/mol. The smallest absolute Gasteiger partial charge is 0.0132 e. The zero-order chi connectivity index (χ0) is 29.5. The van der Waals surface area contributed by atoms with Gasteiger partial charge in [-0.25, -0.2) is 0 Å². The maximum atomic E-state index is 3.41. The lowest BCUT2D eigenvalue weighted by Crippen LogP contribution is -2.61. The minimum Gasteiger partial charge on any atom is -0.294 e. The summed E-state index contributed by atoms with van der Waals surface area (Å²) in [4.78, 5) is 3.41. The fraction of sp³-hybridized carbons (Fsp3) is 1.00. The molecule has 0 aromatic heterocycles. The zero-order valence-electron chi connectivity index (χ0n) is 29.3. The van der Waals surface area contributed by atoms with Gasteiger partial charge in [0.05, 0.1) is 0 Å². The van der Waals surface area contributed by atoms with E-state index in [1.165, 1.54) is 32.1 Å². The molecular formula is C43H73N. The Morgan fingerprint density at radius 3 is 1.45 bits per heavy atom. The molecule has 8 aliphatic carbocycles. The predicted octanol–water partition coefficient (Wildman–Crippen LogP) is 12.2. The Labute approximate surface area is 274 Å². The molecule has 44 heavy (non-hydrogen) atoms. The molecule has 0 amide bonds. The third-order valence-corrected chi connectivity index (χ3v) is 17.1. The first-order valence-electron chi connectivity index (χ1n) is 21.5. The second-order valence-electron chi connectivity index (χ2n) is 18.9. The van der Waals surface area contributed by atoms with E-state index in [1.54, 1.807) is 148 Å². The summed E-state index contributed by atoms with van der Waals surface area (Å²) in [5.41, 5.74) is 0. The maximum Gasteiger partial charge on any atom is 0.0132 e. The van der Waals surface area contributed by atoms with E-state index in [-0.39, 0.29) is 0 Å². The van der Waals surface area contributed by atoms with Gasteiger partial charge in [0.1, 0.15) is 0 Å². The van der Waals surface area contributed by atoms with E-state index < -0.39 is 0 Å². The van der Waals surface area contributed by atoms with E-state index in [1.807, 2.05) is 0 Å². The van der Waals surface area contributed by atoms with Gasteiger partial charge in [0.2, 0.25) is 0 Å². The molecule has 7 atom stereocenters. The van der Waals surface area contributed by atoms with Crippen LogP contribution in [0.2, 0.25) is 0 Å². The van der Waals surface area contributed by atoms with E-state index in [4.69, 9.17) is 0 Å². The van der Waals surface area contributed by atoms with E-state index in [0.717, 1.165) is 83.2 Å². The summed E-state index contributed by atoms with van der Waals surface area (Å²) >= 11 is 0.